The molecule has 1 aliphatic heterocycles. The Morgan fingerprint density at radius 1 is 1.31 bits per heavy atom. The van der Waals surface area contributed by atoms with E-state index in [0.29, 0.717) is 17.7 Å². The highest BCUT2D eigenvalue weighted by Crippen LogP contribution is 2.13. The lowest BCUT2D eigenvalue weighted by Gasteiger charge is -2.12. The molecule has 9 heteroatoms. The van der Waals surface area contributed by atoms with Gasteiger partial charge in [0.2, 0.25) is 5.95 Å². The van der Waals surface area contributed by atoms with E-state index < -0.39 is 21.8 Å². The number of carbonyl (C=O) groups is 1. The average molecular weight is 378 g/mol. The summed E-state index contributed by atoms with van der Waals surface area (Å²) in [5, 5.41) is 5.60. The molecule has 0 saturated carbocycles. The number of aromatic nitrogens is 2. The van der Waals surface area contributed by atoms with Gasteiger partial charge in [0.15, 0.2) is 9.84 Å². The Bertz CT molecular complexity index is 933. The third-order valence-electron chi connectivity index (χ3n) is 4.05. The topological polar surface area (TPSA) is 101 Å². The van der Waals surface area contributed by atoms with E-state index in [0.717, 1.165) is 0 Å². The minimum atomic E-state index is -3.08. The van der Waals surface area contributed by atoms with Crippen molar-refractivity contribution < 1.29 is 17.6 Å². The fraction of sp³-hybridized carbons (Fsp3) is 0.353. The zero-order chi connectivity index (χ0) is 18.7. The summed E-state index contributed by atoms with van der Waals surface area (Å²) in [5.74, 6) is -0.561. The summed E-state index contributed by atoms with van der Waals surface area (Å²) in [5.41, 5.74) is 1.16. The SMILES string of the molecule is Cc1cc(C(=O)NC2CCS(=O)(=O)C2)nc(NCc2ccccc2F)n1. The predicted molar refractivity (Wildman–Crippen MR) is 95.0 cm³/mol. The highest BCUT2D eigenvalue weighted by Gasteiger charge is 2.29. The highest BCUT2D eigenvalue weighted by atomic mass is 32.2. The van der Waals surface area contributed by atoms with Gasteiger partial charge in [0.25, 0.3) is 5.91 Å². The molecule has 2 aromatic rings. The van der Waals surface area contributed by atoms with Crippen molar-refractivity contribution in [2.24, 2.45) is 0 Å². The van der Waals surface area contributed by atoms with Crippen LogP contribution in [0.5, 0.6) is 0 Å². The number of benzene rings is 1. The van der Waals surface area contributed by atoms with Gasteiger partial charge in [0.05, 0.1) is 11.5 Å². The number of aryl methyl sites for hydroxylation is 1. The summed E-state index contributed by atoms with van der Waals surface area (Å²) in [6.07, 6.45) is 0.399. The van der Waals surface area contributed by atoms with Crippen LogP contribution < -0.4 is 10.6 Å². The van der Waals surface area contributed by atoms with E-state index >= 15 is 0 Å². The number of amides is 1. The van der Waals surface area contributed by atoms with Crippen LogP contribution in [0.4, 0.5) is 10.3 Å². The summed E-state index contributed by atoms with van der Waals surface area (Å²) >= 11 is 0. The minimum Gasteiger partial charge on any atom is -0.350 e. The van der Waals surface area contributed by atoms with E-state index in [9.17, 15) is 17.6 Å². The summed E-state index contributed by atoms with van der Waals surface area (Å²) in [6, 6.07) is 7.46. The van der Waals surface area contributed by atoms with Crippen molar-refractivity contribution >= 4 is 21.7 Å². The zero-order valence-corrected chi connectivity index (χ0v) is 15.0. The Balaban J connectivity index is 1.69. The van der Waals surface area contributed by atoms with Gasteiger partial charge in [-0.05, 0) is 25.5 Å². The van der Waals surface area contributed by atoms with Crippen LogP contribution in [-0.4, -0.2) is 41.8 Å². The lowest BCUT2D eigenvalue weighted by atomic mass is 10.2. The molecule has 1 saturated heterocycles. The first-order chi connectivity index (χ1) is 12.3. The van der Waals surface area contributed by atoms with Crippen molar-refractivity contribution in [3.05, 3.63) is 53.1 Å². The van der Waals surface area contributed by atoms with Gasteiger partial charge in [-0.1, -0.05) is 18.2 Å². The van der Waals surface area contributed by atoms with Gasteiger partial charge in [-0.3, -0.25) is 4.79 Å². The second-order valence-electron chi connectivity index (χ2n) is 6.24. The molecule has 1 amide bonds. The van der Waals surface area contributed by atoms with Crippen LogP contribution in [0.2, 0.25) is 0 Å². The van der Waals surface area contributed by atoms with E-state index in [1.807, 2.05) is 0 Å². The number of rotatable bonds is 5. The number of anilines is 1. The number of halogens is 1. The first-order valence-corrected chi connectivity index (χ1v) is 9.99. The van der Waals surface area contributed by atoms with E-state index in [2.05, 4.69) is 20.6 Å². The average Bonchev–Trinajstić information content (AvgIpc) is 2.92. The smallest absolute Gasteiger partial charge is 0.270 e. The molecule has 3 rings (SSSR count). The van der Waals surface area contributed by atoms with Gasteiger partial charge in [0.1, 0.15) is 11.5 Å². The molecule has 1 atom stereocenters. The molecule has 26 heavy (non-hydrogen) atoms. The van der Waals surface area contributed by atoms with Gasteiger partial charge in [-0.2, -0.15) is 0 Å². The van der Waals surface area contributed by atoms with Gasteiger partial charge in [0, 0.05) is 23.8 Å². The van der Waals surface area contributed by atoms with Crippen molar-refractivity contribution in [3.63, 3.8) is 0 Å². The van der Waals surface area contributed by atoms with Crippen LogP contribution in [-0.2, 0) is 16.4 Å². The Morgan fingerprint density at radius 2 is 2.08 bits per heavy atom. The largest absolute Gasteiger partial charge is 0.350 e. The number of hydrogen-bond donors (Lipinski definition) is 2. The molecule has 0 spiro atoms. The summed E-state index contributed by atoms with van der Waals surface area (Å²) in [7, 11) is -3.08. The van der Waals surface area contributed by atoms with Crippen LogP contribution in [0, 0.1) is 12.7 Å². The molecule has 1 fully saturated rings. The molecule has 2 heterocycles. The number of carbonyl (C=O) groups excluding carboxylic acids is 1. The third-order valence-corrected chi connectivity index (χ3v) is 5.82. The fourth-order valence-corrected chi connectivity index (χ4v) is 4.42. The van der Waals surface area contributed by atoms with Crippen LogP contribution >= 0.6 is 0 Å². The van der Waals surface area contributed by atoms with Crippen LogP contribution in [0.1, 0.15) is 28.2 Å². The van der Waals surface area contributed by atoms with Crippen molar-refractivity contribution in [1.82, 2.24) is 15.3 Å². The second-order valence-corrected chi connectivity index (χ2v) is 8.47. The van der Waals surface area contributed by atoms with Crippen LogP contribution in [0.15, 0.2) is 30.3 Å². The van der Waals surface area contributed by atoms with Crippen LogP contribution in [0.25, 0.3) is 0 Å². The fourth-order valence-electron chi connectivity index (χ4n) is 2.75. The Kier molecular flexibility index (Phi) is 5.17. The molecule has 1 unspecified atom stereocenters. The number of sulfone groups is 1. The minimum absolute atomic E-state index is 0.0544. The first-order valence-electron chi connectivity index (χ1n) is 8.17. The molecule has 0 bridgehead atoms. The molecule has 0 aliphatic carbocycles. The predicted octanol–water partition coefficient (Wildman–Crippen LogP) is 1.45. The van der Waals surface area contributed by atoms with Crippen molar-refractivity contribution in [3.8, 4) is 0 Å². The quantitative estimate of drug-likeness (QED) is 0.817. The summed E-state index contributed by atoms with van der Waals surface area (Å²) in [6.45, 7) is 1.89. The third kappa shape index (κ3) is 4.54. The maximum atomic E-state index is 13.7. The van der Waals surface area contributed by atoms with Gasteiger partial charge in [-0.25, -0.2) is 22.8 Å². The van der Waals surface area contributed by atoms with Gasteiger partial charge in [-0.15, -0.1) is 0 Å². The Labute approximate surface area is 151 Å². The monoisotopic (exact) mass is 378 g/mol. The summed E-state index contributed by atoms with van der Waals surface area (Å²) in [4.78, 5) is 20.7. The number of nitrogens with one attached hydrogen (secondary N) is 2. The summed E-state index contributed by atoms with van der Waals surface area (Å²) < 4.78 is 36.7. The highest BCUT2D eigenvalue weighted by molar-refractivity contribution is 7.91. The molecule has 138 valence electrons. The van der Waals surface area contributed by atoms with Gasteiger partial charge >= 0.3 is 0 Å². The molecule has 2 N–H and O–H groups in total. The molecule has 1 aromatic carbocycles. The lowest BCUT2D eigenvalue weighted by Crippen LogP contribution is -2.36. The number of nitrogens with zero attached hydrogens (tertiary/aromatic N) is 2. The Hall–Kier alpha value is -2.55. The van der Waals surface area contributed by atoms with Crippen molar-refractivity contribution in [2.45, 2.75) is 25.9 Å². The molecule has 1 aromatic heterocycles. The zero-order valence-electron chi connectivity index (χ0n) is 14.2. The van der Waals surface area contributed by atoms with E-state index in [4.69, 9.17) is 0 Å². The maximum absolute atomic E-state index is 13.7. The molecule has 1 aliphatic rings. The van der Waals surface area contributed by atoms with E-state index in [1.165, 1.54) is 12.1 Å². The lowest BCUT2D eigenvalue weighted by molar-refractivity contribution is 0.0936. The molecular weight excluding hydrogens is 359 g/mol. The molecule has 7 nitrogen and oxygen atoms in total. The van der Waals surface area contributed by atoms with Crippen molar-refractivity contribution in [2.75, 3.05) is 16.8 Å². The van der Waals surface area contributed by atoms with Gasteiger partial charge < -0.3 is 10.6 Å². The number of hydrogen-bond acceptors (Lipinski definition) is 6. The normalized spacial score (nSPS) is 18.5. The van der Waals surface area contributed by atoms with E-state index in [1.54, 1.807) is 25.1 Å². The maximum Gasteiger partial charge on any atom is 0.270 e. The molecular formula is C17H19FN4O3S. The Morgan fingerprint density at radius 3 is 2.77 bits per heavy atom. The second kappa shape index (κ2) is 7.36. The van der Waals surface area contributed by atoms with E-state index in [-0.39, 0.29) is 35.5 Å². The van der Waals surface area contributed by atoms with Crippen molar-refractivity contribution in [1.29, 1.82) is 0 Å². The van der Waals surface area contributed by atoms with Crippen LogP contribution in [0.3, 0.4) is 0 Å². The standard InChI is InChI=1S/C17H19FN4O3S/c1-11-8-15(16(23)21-13-6-7-26(24,25)10-13)22-17(20-11)19-9-12-4-2-3-5-14(12)18/h2-5,8,13H,6-7,9-10H2,1H3,(H,21,23)(H,19,20,22). The molecule has 0 radical (unpaired) electrons. The first kappa shape index (κ1) is 18.2.